The second-order valence-electron chi connectivity index (χ2n) is 7.20. The normalized spacial score (nSPS) is 28.9. The molecule has 1 heterocycles. The largest absolute Gasteiger partial charge is 0.313 e. The molecule has 1 aliphatic carbocycles. The second kappa shape index (κ2) is 7.08. The van der Waals surface area contributed by atoms with E-state index in [4.69, 9.17) is 0 Å². The summed E-state index contributed by atoms with van der Waals surface area (Å²) in [5.74, 6) is 0. The Morgan fingerprint density at radius 3 is 2.53 bits per heavy atom. The summed E-state index contributed by atoms with van der Waals surface area (Å²) in [7, 11) is 0. The standard InChI is InChI=1S/C17H34N2/c1-4-16-9-7-6-8-12-19(16)14-17(3,5-2)13-18-15-10-11-15/h15-16,18H,4-14H2,1-3H3. The molecule has 0 aromatic rings. The van der Waals surface area contributed by atoms with Gasteiger partial charge >= 0.3 is 0 Å². The van der Waals surface area contributed by atoms with Crippen molar-refractivity contribution in [3.63, 3.8) is 0 Å². The van der Waals surface area contributed by atoms with Gasteiger partial charge in [-0.2, -0.15) is 0 Å². The van der Waals surface area contributed by atoms with Crippen molar-refractivity contribution in [1.29, 1.82) is 0 Å². The first-order valence-electron chi connectivity index (χ1n) is 8.64. The molecule has 1 saturated heterocycles. The molecule has 0 aromatic heterocycles. The van der Waals surface area contributed by atoms with Crippen molar-refractivity contribution < 1.29 is 0 Å². The van der Waals surface area contributed by atoms with Crippen molar-refractivity contribution in [3.05, 3.63) is 0 Å². The quantitative estimate of drug-likeness (QED) is 0.754. The van der Waals surface area contributed by atoms with Gasteiger partial charge in [-0.1, -0.05) is 33.6 Å². The number of hydrogen-bond acceptors (Lipinski definition) is 2. The molecule has 1 N–H and O–H groups in total. The molecule has 2 nitrogen and oxygen atoms in total. The molecule has 0 radical (unpaired) electrons. The molecule has 19 heavy (non-hydrogen) atoms. The van der Waals surface area contributed by atoms with Crippen LogP contribution < -0.4 is 5.32 Å². The number of likely N-dealkylation sites (tertiary alicyclic amines) is 1. The first kappa shape index (κ1) is 15.3. The van der Waals surface area contributed by atoms with Gasteiger partial charge in [0.25, 0.3) is 0 Å². The van der Waals surface area contributed by atoms with E-state index in [9.17, 15) is 0 Å². The van der Waals surface area contributed by atoms with Gasteiger partial charge in [0.2, 0.25) is 0 Å². The Kier molecular flexibility index (Phi) is 5.70. The average molecular weight is 266 g/mol. The summed E-state index contributed by atoms with van der Waals surface area (Å²) >= 11 is 0. The van der Waals surface area contributed by atoms with Crippen LogP contribution in [0.5, 0.6) is 0 Å². The maximum atomic E-state index is 3.76. The van der Waals surface area contributed by atoms with Gasteiger partial charge in [-0.25, -0.2) is 0 Å². The van der Waals surface area contributed by atoms with Crippen molar-refractivity contribution in [2.45, 2.75) is 84.2 Å². The highest BCUT2D eigenvalue weighted by molar-refractivity contribution is 4.88. The lowest BCUT2D eigenvalue weighted by Gasteiger charge is -2.38. The molecule has 0 bridgehead atoms. The molecular formula is C17H34N2. The van der Waals surface area contributed by atoms with Crippen LogP contribution in [-0.4, -0.2) is 36.6 Å². The first-order valence-corrected chi connectivity index (χ1v) is 8.64. The van der Waals surface area contributed by atoms with Crippen LogP contribution in [0.25, 0.3) is 0 Å². The Labute approximate surface area is 120 Å². The van der Waals surface area contributed by atoms with Gasteiger partial charge in [0.05, 0.1) is 0 Å². The number of nitrogens with zero attached hydrogens (tertiary/aromatic N) is 1. The highest BCUT2D eigenvalue weighted by atomic mass is 15.2. The van der Waals surface area contributed by atoms with Crippen LogP contribution >= 0.6 is 0 Å². The van der Waals surface area contributed by atoms with E-state index in [-0.39, 0.29) is 0 Å². The zero-order valence-electron chi connectivity index (χ0n) is 13.4. The van der Waals surface area contributed by atoms with Crippen LogP contribution in [0, 0.1) is 5.41 Å². The van der Waals surface area contributed by atoms with Gasteiger partial charge in [0, 0.05) is 25.2 Å². The molecule has 2 atom stereocenters. The fraction of sp³-hybridized carbons (Fsp3) is 1.00. The van der Waals surface area contributed by atoms with Gasteiger partial charge in [0.15, 0.2) is 0 Å². The molecule has 0 spiro atoms. The third-order valence-corrected chi connectivity index (χ3v) is 5.30. The van der Waals surface area contributed by atoms with Crippen LogP contribution in [0.2, 0.25) is 0 Å². The van der Waals surface area contributed by atoms with Gasteiger partial charge in [-0.15, -0.1) is 0 Å². The van der Waals surface area contributed by atoms with Gasteiger partial charge in [-0.05, 0) is 50.5 Å². The molecule has 0 amide bonds. The molecule has 2 fully saturated rings. The van der Waals surface area contributed by atoms with Crippen LogP contribution in [0.1, 0.15) is 72.1 Å². The van der Waals surface area contributed by atoms with E-state index in [1.165, 1.54) is 71.0 Å². The third-order valence-electron chi connectivity index (χ3n) is 5.30. The Morgan fingerprint density at radius 2 is 1.89 bits per heavy atom. The summed E-state index contributed by atoms with van der Waals surface area (Å²) in [6, 6.07) is 1.69. The zero-order valence-corrected chi connectivity index (χ0v) is 13.4. The topological polar surface area (TPSA) is 15.3 Å². The van der Waals surface area contributed by atoms with Crippen LogP contribution in [0.4, 0.5) is 0 Å². The summed E-state index contributed by atoms with van der Waals surface area (Å²) < 4.78 is 0. The third kappa shape index (κ3) is 4.75. The average Bonchev–Trinajstić information content (AvgIpc) is 3.24. The van der Waals surface area contributed by atoms with Gasteiger partial charge < -0.3 is 5.32 Å². The number of nitrogens with one attached hydrogen (secondary N) is 1. The van der Waals surface area contributed by atoms with Crippen molar-refractivity contribution in [2.24, 2.45) is 5.41 Å². The lowest BCUT2D eigenvalue weighted by atomic mass is 9.86. The van der Waals surface area contributed by atoms with Crippen molar-refractivity contribution in [1.82, 2.24) is 10.2 Å². The molecular weight excluding hydrogens is 232 g/mol. The van der Waals surface area contributed by atoms with E-state index < -0.39 is 0 Å². The molecule has 1 aliphatic heterocycles. The molecule has 2 unspecified atom stereocenters. The van der Waals surface area contributed by atoms with Crippen LogP contribution in [0.3, 0.4) is 0 Å². The van der Waals surface area contributed by atoms with Gasteiger partial charge in [-0.3, -0.25) is 4.90 Å². The van der Waals surface area contributed by atoms with Crippen molar-refractivity contribution in [2.75, 3.05) is 19.6 Å². The molecule has 2 aliphatic rings. The smallest absolute Gasteiger partial charge is 0.00928 e. The fourth-order valence-electron chi connectivity index (χ4n) is 3.37. The summed E-state index contributed by atoms with van der Waals surface area (Å²) in [4.78, 5) is 2.81. The maximum Gasteiger partial charge on any atom is 0.00928 e. The highest BCUT2D eigenvalue weighted by Crippen LogP contribution is 2.28. The lowest BCUT2D eigenvalue weighted by molar-refractivity contribution is 0.112. The number of rotatable bonds is 7. The molecule has 1 saturated carbocycles. The molecule has 2 heteroatoms. The summed E-state index contributed by atoms with van der Waals surface area (Å²) in [5.41, 5.74) is 0.459. The Morgan fingerprint density at radius 1 is 1.11 bits per heavy atom. The monoisotopic (exact) mass is 266 g/mol. The van der Waals surface area contributed by atoms with Crippen molar-refractivity contribution in [3.8, 4) is 0 Å². The van der Waals surface area contributed by atoms with E-state index in [0.717, 1.165) is 12.1 Å². The minimum absolute atomic E-state index is 0.459. The summed E-state index contributed by atoms with van der Waals surface area (Å²) in [5, 5.41) is 3.76. The Balaban J connectivity index is 1.89. The fourth-order valence-corrected chi connectivity index (χ4v) is 3.37. The van der Waals surface area contributed by atoms with E-state index in [0.29, 0.717) is 5.41 Å². The summed E-state index contributed by atoms with van der Waals surface area (Å²) in [6.45, 7) is 11.1. The first-order chi connectivity index (χ1) is 9.17. The molecule has 2 rings (SSSR count). The number of hydrogen-bond donors (Lipinski definition) is 1. The van der Waals surface area contributed by atoms with E-state index in [2.05, 4.69) is 31.0 Å². The van der Waals surface area contributed by atoms with Crippen LogP contribution in [0.15, 0.2) is 0 Å². The van der Waals surface area contributed by atoms with E-state index in [1.807, 2.05) is 0 Å². The SMILES string of the molecule is CCC1CCCCCN1CC(C)(CC)CNC1CC1. The minimum Gasteiger partial charge on any atom is -0.313 e. The predicted octanol–water partition coefficient (Wildman–Crippen LogP) is 3.81. The Bertz CT molecular complexity index is 262. The van der Waals surface area contributed by atoms with Gasteiger partial charge in [0.1, 0.15) is 0 Å². The van der Waals surface area contributed by atoms with E-state index >= 15 is 0 Å². The predicted molar refractivity (Wildman–Crippen MR) is 83.5 cm³/mol. The molecule has 112 valence electrons. The Hall–Kier alpha value is -0.0800. The second-order valence-corrected chi connectivity index (χ2v) is 7.20. The lowest BCUT2D eigenvalue weighted by Crippen LogP contribution is -2.46. The summed E-state index contributed by atoms with van der Waals surface area (Å²) in [6.07, 6.45) is 11.1. The highest BCUT2D eigenvalue weighted by Gasteiger charge is 2.31. The van der Waals surface area contributed by atoms with Crippen LogP contribution in [-0.2, 0) is 0 Å². The van der Waals surface area contributed by atoms with Crippen molar-refractivity contribution >= 4 is 0 Å². The minimum atomic E-state index is 0.459. The zero-order chi connectivity index (χ0) is 13.7. The van der Waals surface area contributed by atoms with E-state index in [1.54, 1.807) is 0 Å². The maximum absolute atomic E-state index is 3.76. The molecule has 0 aromatic carbocycles.